The third-order valence-corrected chi connectivity index (χ3v) is 4.94. The number of nitrogens with one attached hydrogen (secondary N) is 2. The molecule has 1 heterocycles. The third-order valence-electron chi connectivity index (χ3n) is 4.44. The number of amides is 2. The SMILES string of the molecule is CC(C)(C)c1cc(Br)ccc1OCC(=O)NNC(=O)Cn1ccc2ccccc21. The van der Waals surface area contributed by atoms with E-state index in [1.165, 1.54) is 0 Å². The number of fused-ring (bicyclic) bond motifs is 1. The molecule has 0 aliphatic carbocycles. The molecule has 2 aromatic carbocycles. The van der Waals surface area contributed by atoms with E-state index in [2.05, 4.69) is 47.6 Å². The Morgan fingerprint density at radius 1 is 1.03 bits per heavy atom. The summed E-state index contributed by atoms with van der Waals surface area (Å²) in [6.07, 6.45) is 1.84. The Labute approximate surface area is 178 Å². The van der Waals surface area contributed by atoms with Crippen molar-refractivity contribution in [2.75, 3.05) is 6.61 Å². The van der Waals surface area contributed by atoms with Gasteiger partial charge < -0.3 is 9.30 Å². The van der Waals surface area contributed by atoms with Crippen molar-refractivity contribution in [2.45, 2.75) is 32.7 Å². The first kappa shape index (κ1) is 20.9. The van der Waals surface area contributed by atoms with E-state index in [0.29, 0.717) is 5.75 Å². The molecule has 2 N–H and O–H groups in total. The minimum absolute atomic E-state index is 0.107. The molecule has 6 nitrogen and oxygen atoms in total. The maximum absolute atomic E-state index is 12.2. The Balaban J connectivity index is 1.52. The van der Waals surface area contributed by atoms with Gasteiger partial charge in [-0.3, -0.25) is 20.4 Å². The minimum atomic E-state index is -0.432. The lowest BCUT2D eigenvalue weighted by Crippen LogP contribution is -2.45. The molecule has 0 atom stereocenters. The summed E-state index contributed by atoms with van der Waals surface area (Å²) in [4.78, 5) is 24.3. The predicted molar refractivity (Wildman–Crippen MR) is 117 cm³/mol. The van der Waals surface area contributed by atoms with Gasteiger partial charge in [0.05, 0.1) is 0 Å². The van der Waals surface area contributed by atoms with Gasteiger partial charge in [-0.2, -0.15) is 0 Å². The molecule has 0 aliphatic heterocycles. The second-order valence-electron chi connectivity index (χ2n) is 7.78. The molecule has 3 aromatic rings. The highest BCUT2D eigenvalue weighted by atomic mass is 79.9. The predicted octanol–water partition coefficient (Wildman–Crippen LogP) is 3.93. The first-order valence-electron chi connectivity index (χ1n) is 9.28. The fourth-order valence-corrected chi connectivity index (χ4v) is 3.37. The number of nitrogens with zero attached hydrogens (tertiary/aromatic N) is 1. The molecule has 2 amide bonds. The van der Waals surface area contributed by atoms with Crippen LogP contribution in [0.1, 0.15) is 26.3 Å². The maximum Gasteiger partial charge on any atom is 0.276 e. The summed E-state index contributed by atoms with van der Waals surface area (Å²) in [5.74, 6) is -0.113. The molecule has 1 aromatic heterocycles. The highest BCUT2D eigenvalue weighted by Crippen LogP contribution is 2.33. The average Bonchev–Trinajstić information content (AvgIpc) is 3.07. The van der Waals surface area contributed by atoms with Crippen molar-refractivity contribution in [3.8, 4) is 5.75 Å². The highest BCUT2D eigenvalue weighted by Gasteiger charge is 2.20. The van der Waals surface area contributed by atoms with Crippen molar-refractivity contribution in [3.05, 3.63) is 64.8 Å². The normalized spacial score (nSPS) is 11.3. The second-order valence-corrected chi connectivity index (χ2v) is 8.69. The quantitative estimate of drug-likeness (QED) is 0.570. The summed E-state index contributed by atoms with van der Waals surface area (Å²) < 4.78 is 8.46. The van der Waals surface area contributed by atoms with E-state index in [0.717, 1.165) is 20.9 Å². The first-order chi connectivity index (χ1) is 13.7. The van der Waals surface area contributed by atoms with Crippen LogP contribution in [0.3, 0.4) is 0 Å². The lowest BCUT2D eigenvalue weighted by molar-refractivity contribution is -0.130. The number of hydrazine groups is 1. The van der Waals surface area contributed by atoms with Crippen LogP contribution < -0.4 is 15.6 Å². The number of carbonyl (C=O) groups is 2. The standard InChI is InChI=1S/C22H24BrN3O3/c1-22(2,3)17-12-16(23)8-9-19(17)29-14-21(28)25-24-20(27)13-26-11-10-15-6-4-5-7-18(15)26/h4-12H,13-14H2,1-3H3,(H,24,27)(H,25,28). The number of ether oxygens (including phenoxy) is 1. The molecule has 0 fully saturated rings. The molecule has 3 rings (SSSR count). The Hall–Kier alpha value is -2.80. The number of para-hydroxylation sites is 1. The van der Waals surface area contributed by atoms with Gasteiger partial charge in [0.2, 0.25) is 0 Å². The zero-order valence-electron chi connectivity index (χ0n) is 16.7. The van der Waals surface area contributed by atoms with Crippen LogP contribution in [-0.4, -0.2) is 23.0 Å². The van der Waals surface area contributed by atoms with Crippen LogP contribution in [0.5, 0.6) is 5.75 Å². The number of benzene rings is 2. The van der Waals surface area contributed by atoms with Crippen molar-refractivity contribution < 1.29 is 14.3 Å². The largest absolute Gasteiger partial charge is 0.483 e. The molecular weight excluding hydrogens is 434 g/mol. The number of hydrogen-bond donors (Lipinski definition) is 2. The summed E-state index contributed by atoms with van der Waals surface area (Å²) in [6.45, 7) is 6.14. The van der Waals surface area contributed by atoms with Crippen molar-refractivity contribution in [3.63, 3.8) is 0 Å². The molecule has 0 saturated carbocycles. The molecule has 0 unspecified atom stereocenters. The van der Waals surface area contributed by atoms with Gasteiger partial charge in [-0.1, -0.05) is 54.9 Å². The smallest absolute Gasteiger partial charge is 0.276 e. The number of hydrogen-bond acceptors (Lipinski definition) is 3. The molecule has 152 valence electrons. The van der Waals surface area contributed by atoms with Crippen LogP contribution in [0.15, 0.2) is 59.2 Å². The van der Waals surface area contributed by atoms with E-state index >= 15 is 0 Å². The Morgan fingerprint density at radius 3 is 2.52 bits per heavy atom. The van der Waals surface area contributed by atoms with Crippen molar-refractivity contribution in [1.29, 1.82) is 0 Å². The number of halogens is 1. The van der Waals surface area contributed by atoms with Crippen LogP contribution in [0.2, 0.25) is 0 Å². The maximum atomic E-state index is 12.2. The summed E-state index contributed by atoms with van der Waals surface area (Å²) in [7, 11) is 0. The van der Waals surface area contributed by atoms with Gasteiger partial charge in [-0.05, 0) is 41.1 Å². The van der Waals surface area contributed by atoms with E-state index in [9.17, 15) is 9.59 Å². The average molecular weight is 458 g/mol. The Morgan fingerprint density at radius 2 is 1.76 bits per heavy atom. The van der Waals surface area contributed by atoms with Crippen molar-refractivity contribution in [1.82, 2.24) is 15.4 Å². The van der Waals surface area contributed by atoms with E-state index in [-0.39, 0.29) is 24.5 Å². The van der Waals surface area contributed by atoms with Crippen LogP contribution in [-0.2, 0) is 21.5 Å². The summed E-state index contributed by atoms with van der Waals surface area (Å²) >= 11 is 3.46. The highest BCUT2D eigenvalue weighted by molar-refractivity contribution is 9.10. The van der Waals surface area contributed by atoms with Gasteiger partial charge in [-0.25, -0.2) is 0 Å². The molecular formula is C22H24BrN3O3. The number of aromatic nitrogens is 1. The zero-order chi connectivity index (χ0) is 21.0. The van der Waals surface area contributed by atoms with Gasteiger partial charge in [0.1, 0.15) is 12.3 Å². The molecule has 0 saturated heterocycles. The van der Waals surface area contributed by atoms with Crippen LogP contribution in [0.4, 0.5) is 0 Å². The van der Waals surface area contributed by atoms with Gasteiger partial charge in [0, 0.05) is 21.7 Å². The topological polar surface area (TPSA) is 72.4 Å². The number of rotatable bonds is 5. The molecule has 0 radical (unpaired) electrons. The van der Waals surface area contributed by atoms with Crippen LogP contribution in [0.25, 0.3) is 10.9 Å². The zero-order valence-corrected chi connectivity index (χ0v) is 18.2. The lowest BCUT2D eigenvalue weighted by atomic mass is 9.86. The van der Waals surface area contributed by atoms with Gasteiger partial charge in [-0.15, -0.1) is 0 Å². The van der Waals surface area contributed by atoms with Crippen molar-refractivity contribution >= 4 is 38.6 Å². The monoisotopic (exact) mass is 457 g/mol. The molecule has 0 bridgehead atoms. The van der Waals surface area contributed by atoms with E-state index in [1.807, 2.05) is 59.3 Å². The Bertz CT molecular complexity index is 1040. The van der Waals surface area contributed by atoms with E-state index in [1.54, 1.807) is 0 Å². The molecule has 29 heavy (non-hydrogen) atoms. The first-order valence-corrected chi connectivity index (χ1v) is 10.1. The molecule has 0 spiro atoms. The van der Waals surface area contributed by atoms with E-state index in [4.69, 9.17) is 4.74 Å². The fraction of sp³-hybridized carbons (Fsp3) is 0.273. The third kappa shape index (κ3) is 5.38. The Kier molecular flexibility index (Phi) is 6.27. The van der Waals surface area contributed by atoms with Crippen LogP contribution >= 0.6 is 15.9 Å². The molecule has 0 aliphatic rings. The molecule has 7 heteroatoms. The van der Waals surface area contributed by atoms with Gasteiger partial charge in [0.25, 0.3) is 11.8 Å². The minimum Gasteiger partial charge on any atom is -0.483 e. The summed E-state index contributed by atoms with van der Waals surface area (Å²) in [5.41, 5.74) is 6.64. The van der Waals surface area contributed by atoms with Crippen LogP contribution in [0, 0.1) is 0 Å². The van der Waals surface area contributed by atoms with E-state index < -0.39 is 5.91 Å². The van der Waals surface area contributed by atoms with Gasteiger partial charge >= 0.3 is 0 Å². The summed E-state index contributed by atoms with van der Waals surface area (Å²) in [6, 6.07) is 15.4. The lowest BCUT2D eigenvalue weighted by Gasteiger charge is -2.23. The van der Waals surface area contributed by atoms with Gasteiger partial charge in [0.15, 0.2) is 6.61 Å². The summed E-state index contributed by atoms with van der Waals surface area (Å²) in [5, 5.41) is 1.06. The fourth-order valence-electron chi connectivity index (χ4n) is 3.01. The number of carbonyl (C=O) groups excluding carboxylic acids is 2. The second kappa shape index (κ2) is 8.69. The van der Waals surface area contributed by atoms with Crippen molar-refractivity contribution in [2.24, 2.45) is 0 Å².